The molecule has 4 rings (SSSR count). The molecule has 6 nitrogen and oxygen atoms in total. The van der Waals surface area contributed by atoms with Gasteiger partial charge in [0.15, 0.2) is 5.78 Å². The Hall–Kier alpha value is -4.06. The number of rotatable bonds is 8. The molecule has 3 N–H and O–H groups in total. The molecule has 3 aromatic rings. The Labute approximate surface area is 197 Å². The van der Waals surface area contributed by atoms with Crippen LogP contribution in [-0.4, -0.2) is 27.1 Å². The summed E-state index contributed by atoms with van der Waals surface area (Å²) in [6, 6.07) is 20.1. The van der Waals surface area contributed by atoms with Crippen LogP contribution in [0.1, 0.15) is 64.8 Å². The topological polar surface area (TPSA) is 104 Å². The molecule has 0 amide bonds. The van der Waals surface area contributed by atoms with Crippen LogP contribution < -0.4 is 4.74 Å². The fraction of sp³-hybridized carbons (Fsp3) is 0.214. The van der Waals surface area contributed by atoms with Gasteiger partial charge in [-0.1, -0.05) is 72.8 Å². The Balaban J connectivity index is 1.71. The maximum atomic E-state index is 13.1. The van der Waals surface area contributed by atoms with E-state index in [0.29, 0.717) is 12.8 Å². The van der Waals surface area contributed by atoms with Crippen LogP contribution in [0.3, 0.4) is 0 Å². The van der Waals surface area contributed by atoms with Crippen molar-refractivity contribution >= 4 is 11.8 Å². The zero-order valence-corrected chi connectivity index (χ0v) is 18.6. The SMILES string of the molecule is O=C(O)CCC/C=C/C(c1ccccc1)c1c(O)cc2c(c1O)C(=O)CC(c1ccccc1)O2. The van der Waals surface area contributed by atoms with E-state index >= 15 is 0 Å². The first-order valence-corrected chi connectivity index (χ1v) is 11.2. The van der Waals surface area contributed by atoms with Crippen LogP contribution in [0, 0.1) is 0 Å². The van der Waals surface area contributed by atoms with E-state index in [1.807, 2.05) is 72.8 Å². The number of carbonyl (C=O) groups excluding carboxylic acids is 1. The second-order valence-electron chi connectivity index (χ2n) is 8.28. The summed E-state index contributed by atoms with van der Waals surface area (Å²) in [6.07, 6.45) is 4.30. The first-order chi connectivity index (χ1) is 16.5. The molecule has 1 aliphatic heterocycles. The molecule has 0 saturated carbocycles. The van der Waals surface area contributed by atoms with Gasteiger partial charge in [-0.15, -0.1) is 0 Å². The number of phenols is 2. The molecule has 0 saturated heterocycles. The molecule has 0 bridgehead atoms. The second-order valence-corrected chi connectivity index (χ2v) is 8.28. The van der Waals surface area contributed by atoms with Crippen LogP contribution in [0.25, 0.3) is 0 Å². The van der Waals surface area contributed by atoms with Gasteiger partial charge in [-0.25, -0.2) is 0 Å². The quantitative estimate of drug-likeness (QED) is 0.293. The highest BCUT2D eigenvalue weighted by molar-refractivity contribution is 6.03. The number of fused-ring (bicyclic) bond motifs is 1. The van der Waals surface area contributed by atoms with Crippen molar-refractivity contribution in [1.82, 2.24) is 0 Å². The maximum absolute atomic E-state index is 13.1. The summed E-state index contributed by atoms with van der Waals surface area (Å²) >= 11 is 0. The lowest BCUT2D eigenvalue weighted by Gasteiger charge is -2.28. The van der Waals surface area contributed by atoms with E-state index in [1.165, 1.54) is 6.07 Å². The molecule has 0 fully saturated rings. The smallest absolute Gasteiger partial charge is 0.303 e. The number of ether oxygens (including phenoxy) is 1. The number of carbonyl (C=O) groups is 2. The lowest BCUT2D eigenvalue weighted by Crippen LogP contribution is -2.21. The number of benzene rings is 3. The van der Waals surface area contributed by atoms with Gasteiger partial charge < -0.3 is 20.1 Å². The van der Waals surface area contributed by atoms with Crippen LogP contribution in [0.15, 0.2) is 78.9 Å². The van der Waals surface area contributed by atoms with Crippen molar-refractivity contribution in [2.45, 2.75) is 37.7 Å². The van der Waals surface area contributed by atoms with Gasteiger partial charge in [-0.3, -0.25) is 9.59 Å². The molecule has 2 atom stereocenters. The average Bonchev–Trinajstić information content (AvgIpc) is 2.83. The Kier molecular flexibility index (Phi) is 6.97. The summed E-state index contributed by atoms with van der Waals surface area (Å²) in [5, 5.41) is 31.0. The van der Waals surface area contributed by atoms with E-state index in [-0.39, 0.29) is 47.0 Å². The van der Waals surface area contributed by atoms with Crippen LogP contribution in [-0.2, 0) is 4.79 Å². The number of ketones is 1. The van der Waals surface area contributed by atoms with Crippen LogP contribution in [0.5, 0.6) is 17.2 Å². The third-order valence-corrected chi connectivity index (χ3v) is 5.93. The van der Waals surface area contributed by atoms with Crippen molar-refractivity contribution in [3.8, 4) is 17.2 Å². The normalized spacial score (nSPS) is 16.1. The molecule has 6 heteroatoms. The molecule has 1 heterocycles. The van der Waals surface area contributed by atoms with Crippen molar-refractivity contribution in [3.05, 3.63) is 101 Å². The molecule has 0 aliphatic carbocycles. The lowest BCUT2D eigenvalue weighted by atomic mass is 9.85. The van der Waals surface area contributed by atoms with Gasteiger partial charge in [0, 0.05) is 24.0 Å². The number of hydrogen-bond donors (Lipinski definition) is 3. The van der Waals surface area contributed by atoms with Crippen LogP contribution in [0.2, 0.25) is 0 Å². The number of Topliss-reactive ketones (excluding diaryl/α,β-unsaturated/α-hetero) is 1. The summed E-state index contributed by atoms with van der Waals surface area (Å²) in [5.41, 5.74) is 1.94. The summed E-state index contributed by atoms with van der Waals surface area (Å²) < 4.78 is 6.01. The first-order valence-electron chi connectivity index (χ1n) is 11.2. The number of carboxylic acid groups (broad SMARTS) is 1. The van der Waals surface area contributed by atoms with E-state index in [9.17, 15) is 19.8 Å². The number of carboxylic acids is 1. The van der Waals surface area contributed by atoms with Crippen LogP contribution in [0.4, 0.5) is 0 Å². The van der Waals surface area contributed by atoms with Gasteiger partial charge >= 0.3 is 5.97 Å². The van der Waals surface area contributed by atoms with E-state index in [4.69, 9.17) is 9.84 Å². The van der Waals surface area contributed by atoms with Crippen molar-refractivity contribution in [2.75, 3.05) is 0 Å². The van der Waals surface area contributed by atoms with Gasteiger partial charge in [-0.05, 0) is 24.0 Å². The molecule has 0 spiro atoms. The zero-order valence-electron chi connectivity index (χ0n) is 18.6. The Bertz CT molecular complexity index is 1200. The summed E-state index contributed by atoms with van der Waals surface area (Å²) in [5.74, 6) is -1.97. The van der Waals surface area contributed by atoms with Crippen molar-refractivity contribution in [2.24, 2.45) is 0 Å². The van der Waals surface area contributed by atoms with E-state index in [0.717, 1.165) is 11.1 Å². The van der Waals surface area contributed by atoms with Crippen LogP contribution >= 0.6 is 0 Å². The van der Waals surface area contributed by atoms with Gasteiger partial charge in [0.25, 0.3) is 0 Å². The molecule has 1 aliphatic rings. The Morgan fingerprint density at radius 3 is 2.41 bits per heavy atom. The molecular formula is C28H26O6. The average molecular weight is 459 g/mol. The van der Waals surface area contributed by atoms with Crippen molar-refractivity contribution in [3.63, 3.8) is 0 Å². The summed E-state index contributed by atoms with van der Waals surface area (Å²) in [6.45, 7) is 0. The predicted octanol–water partition coefficient (Wildman–Crippen LogP) is 5.75. The zero-order chi connectivity index (χ0) is 24.1. The number of unbranched alkanes of at least 4 members (excludes halogenated alkanes) is 1. The molecule has 2 unspecified atom stereocenters. The molecule has 0 radical (unpaired) electrons. The summed E-state index contributed by atoms with van der Waals surface area (Å²) in [7, 11) is 0. The monoisotopic (exact) mass is 458 g/mol. The van der Waals surface area contributed by atoms with Gasteiger partial charge in [0.2, 0.25) is 0 Å². The highest BCUT2D eigenvalue weighted by Gasteiger charge is 2.34. The Morgan fingerprint density at radius 1 is 1.06 bits per heavy atom. The van der Waals surface area contributed by atoms with E-state index < -0.39 is 18.0 Å². The minimum absolute atomic E-state index is 0.0596. The van der Waals surface area contributed by atoms with E-state index in [1.54, 1.807) is 0 Å². The first kappa shape index (κ1) is 23.1. The Morgan fingerprint density at radius 2 is 1.74 bits per heavy atom. The third-order valence-electron chi connectivity index (χ3n) is 5.93. The third kappa shape index (κ3) is 4.96. The van der Waals surface area contributed by atoms with E-state index in [2.05, 4.69) is 0 Å². The fourth-order valence-electron chi connectivity index (χ4n) is 4.27. The maximum Gasteiger partial charge on any atom is 0.303 e. The number of phenolic OH excluding ortho intramolecular Hbond substituents is 2. The lowest BCUT2D eigenvalue weighted by molar-refractivity contribution is -0.137. The molecule has 34 heavy (non-hydrogen) atoms. The second kappa shape index (κ2) is 10.3. The number of aromatic hydroxyl groups is 2. The minimum Gasteiger partial charge on any atom is -0.507 e. The highest BCUT2D eigenvalue weighted by Crippen LogP contribution is 2.48. The van der Waals surface area contributed by atoms with Gasteiger partial charge in [0.05, 0.1) is 6.42 Å². The number of aliphatic carboxylic acids is 1. The molecule has 0 aromatic heterocycles. The van der Waals surface area contributed by atoms with Crippen molar-refractivity contribution < 1.29 is 29.6 Å². The fourth-order valence-corrected chi connectivity index (χ4v) is 4.27. The molecule has 3 aromatic carbocycles. The molecular weight excluding hydrogens is 432 g/mol. The standard InChI is InChI=1S/C28H26O6/c29-21-17-24-27(22(30)16-23(34-24)19-12-6-2-7-13-19)28(33)26(21)20(18-10-4-1-5-11-18)14-8-3-9-15-25(31)32/h1-2,4-8,10-14,17,20,23,29,33H,3,9,15-16H2,(H,31,32)/b14-8+. The predicted molar refractivity (Wildman–Crippen MR) is 127 cm³/mol. The van der Waals surface area contributed by atoms with Gasteiger partial charge in [0.1, 0.15) is 28.9 Å². The summed E-state index contributed by atoms with van der Waals surface area (Å²) in [4.78, 5) is 23.9. The van der Waals surface area contributed by atoms with Crippen molar-refractivity contribution in [1.29, 1.82) is 0 Å². The number of allylic oxidation sites excluding steroid dienone is 2. The molecule has 174 valence electrons. The van der Waals surface area contributed by atoms with Gasteiger partial charge in [-0.2, -0.15) is 0 Å². The minimum atomic E-state index is -0.856. The largest absolute Gasteiger partial charge is 0.507 e. The number of hydrogen-bond acceptors (Lipinski definition) is 5. The highest BCUT2D eigenvalue weighted by atomic mass is 16.5.